The third kappa shape index (κ3) is 4.75. The number of imidazole rings is 1. The number of halogens is 1. The van der Waals surface area contributed by atoms with Crippen molar-refractivity contribution >= 4 is 17.7 Å². The Morgan fingerprint density at radius 2 is 1.91 bits per heavy atom. The molecule has 0 aliphatic carbocycles. The van der Waals surface area contributed by atoms with Crippen molar-refractivity contribution in [3.63, 3.8) is 0 Å². The maximum atomic E-state index is 13.4. The largest absolute Gasteiger partial charge is 0.340 e. The molecule has 4 aromatic rings. The number of aromatic nitrogens is 4. The quantitative estimate of drug-likeness (QED) is 0.391. The Morgan fingerprint density at radius 1 is 1.16 bits per heavy atom. The molecule has 0 unspecified atom stereocenters. The molecule has 0 saturated heterocycles. The molecule has 6 nitrogen and oxygen atoms in total. The van der Waals surface area contributed by atoms with Gasteiger partial charge >= 0.3 is 0 Å². The average Bonchev–Trinajstić information content (AvgIpc) is 3.47. The summed E-state index contributed by atoms with van der Waals surface area (Å²) in [6, 6.07) is 18.1. The Bertz CT molecular complexity index is 1190. The van der Waals surface area contributed by atoms with Gasteiger partial charge in [-0.25, -0.2) is 9.37 Å². The smallest absolute Gasteiger partial charge is 0.272 e. The predicted octanol–water partition coefficient (Wildman–Crippen LogP) is 4.83. The summed E-state index contributed by atoms with van der Waals surface area (Å²) in [5.41, 5.74) is 4.18. The molecule has 0 aliphatic heterocycles. The van der Waals surface area contributed by atoms with Gasteiger partial charge in [-0.05, 0) is 49.4 Å². The zero-order valence-corrected chi connectivity index (χ0v) is 18.8. The van der Waals surface area contributed by atoms with E-state index in [-0.39, 0.29) is 11.7 Å². The number of H-pyrrole nitrogens is 1. The van der Waals surface area contributed by atoms with Crippen molar-refractivity contribution < 1.29 is 9.18 Å². The maximum Gasteiger partial charge on any atom is 0.272 e. The lowest BCUT2D eigenvalue weighted by atomic mass is 10.1. The third-order valence-electron chi connectivity index (χ3n) is 5.20. The molecule has 0 spiro atoms. The van der Waals surface area contributed by atoms with E-state index in [1.54, 1.807) is 34.8 Å². The van der Waals surface area contributed by atoms with Crippen LogP contribution in [0.25, 0.3) is 16.9 Å². The molecule has 2 heterocycles. The highest BCUT2D eigenvalue weighted by atomic mass is 32.2. The molecule has 2 aromatic carbocycles. The number of nitrogens with zero attached hydrogens (tertiary/aromatic N) is 4. The summed E-state index contributed by atoms with van der Waals surface area (Å²) >= 11 is 1.44. The average molecular weight is 450 g/mol. The molecule has 1 N–H and O–H groups in total. The lowest BCUT2D eigenvalue weighted by Crippen LogP contribution is -2.29. The number of thioether (sulfide) groups is 1. The Labute approximate surface area is 190 Å². The molecule has 164 valence electrons. The van der Waals surface area contributed by atoms with E-state index < -0.39 is 0 Å². The first kappa shape index (κ1) is 21.8. The van der Waals surface area contributed by atoms with Crippen LogP contribution in [-0.4, -0.2) is 50.4 Å². The maximum absolute atomic E-state index is 13.4. The van der Waals surface area contributed by atoms with Crippen LogP contribution >= 0.6 is 11.8 Å². The molecular formula is C24H24FN5OS. The first-order valence-corrected chi connectivity index (χ1v) is 11.5. The second-order valence-corrected chi connectivity index (χ2v) is 8.19. The summed E-state index contributed by atoms with van der Waals surface area (Å²) in [7, 11) is 1.78. The SMILES string of the molecule is CSc1ncc(C(=O)N(C)CCCc2cc(-c3ccccc3)n[nH]2)n1-c1ccc(F)cc1. The van der Waals surface area contributed by atoms with Crippen LogP contribution in [0.3, 0.4) is 0 Å². The molecule has 32 heavy (non-hydrogen) atoms. The summed E-state index contributed by atoms with van der Waals surface area (Å²) in [6.45, 7) is 0.585. The fourth-order valence-electron chi connectivity index (χ4n) is 3.52. The number of hydrogen-bond donors (Lipinski definition) is 1. The molecule has 0 atom stereocenters. The number of carbonyl (C=O) groups excluding carboxylic acids is 1. The van der Waals surface area contributed by atoms with Crippen molar-refractivity contribution in [1.82, 2.24) is 24.6 Å². The van der Waals surface area contributed by atoms with Crippen LogP contribution in [0.1, 0.15) is 22.6 Å². The number of rotatable bonds is 8. The fraction of sp³-hybridized carbons (Fsp3) is 0.208. The normalized spacial score (nSPS) is 11.0. The molecule has 0 aliphatic rings. The van der Waals surface area contributed by atoms with Gasteiger partial charge in [0.25, 0.3) is 5.91 Å². The van der Waals surface area contributed by atoms with E-state index in [0.29, 0.717) is 23.1 Å². The van der Waals surface area contributed by atoms with Crippen LogP contribution in [0, 0.1) is 5.82 Å². The van der Waals surface area contributed by atoms with Gasteiger partial charge < -0.3 is 4.90 Å². The predicted molar refractivity (Wildman–Crippen MR) is 125 cm³/mol. The van der Waals surface area contributed by atoms with Gasteiger partial charge in [0.2, 0.25) is 0 Å². The van der Waals surface area contributed by atoms with Gasteiger partial charge in [0.05, 0.1) is 11.9 Å². The molecule has 0 radical (unpaired) electrons. The van der Waals surface area contributed by atoms with Gasteiger partial charge in [0.1, 0.15) is 11.5 Å². The van der Waals surface area contributed by atoms with Crippen LogP contribution in [0.2, 0.25) is 0 Å². The number of aromatic amines is 1. The Hall–Kier alpha value is -3.39. The Kier molecular flexibility index (Phi) is 6.70. The second kappa shape index (κ2) is 9.82. The number of carbonyl (C=O) groups is 1. The van der Waals surface area contributed by atoms with Crippen molar-refractivity contribution in [3.05, 3.63) is 84.1 Å². The summed E-state index contributed by atoms with van der Waals surface area (Å²) in [5.74, 6) is -0.449. The molecule has 1 amide bonds. The molecule has 4 rings (SSSR count). The summed E-state index contributed by atoms with van der Waals surface area (Å²) in [4.78, 5) is 19.2. The second-order valence-electron chi connectivity index (χ2n) is 7.42. The van der Waals surface area contributed by atoms with Crippen molar-refractivity contribution in [2.24, 2.45) is 0 Å². The van der Waals surface area contributed by atoms with Crippen molar-refractivity contribution in [3.8, 4) is 16.9 Å². The van der Waals surface area contributed by atoms with Crippen molar-refractivity contribution in [1.29, 1.82) is 0 Å². The topological polar surface area (TPSA) is 66.8 Å². The summed E-state index contributed by atoms with van der Waals surface area (Å²) < 4.78 is 15.1. The summed E-state index contributed by atoms with van der Waals surface area (Å²) in [5, 5.41) is 8.15. The minimum absolute atomic E-state index is 0.128. The van der Waals surface area contributed by atoms with E-state index in [2.05, 4.69) is 15.2 Å². The lowest BCUT2D eigenvalue weighted by Gasteiger charge is -2.18. The molecule has 2 aromatic heterocycles. The zero-order chi connectivity index (χ0) is 22.5. The minimum Gasteiger partial charge on any atom is -0.340 e. The van der Waals surface area contributed by atoms with Crippen LogP contribution in [0.5, 0.6) is 0 Å². The van der Waals surface area contributed by atoms with E-state index in [4.69, 9.17) is 0 Å². The highest BCUT2D eigenvalue weighted by molar-refractivity contribution is 7.98. The first-order chi connectivity index (χ1) is 15.6. The van der Waals surface area contributed by atoms with Crippen LogP contribution in [-0.2, 0) is 6.42 Å². The van der Waals surface area contributed by atoms with E-state index >= 15 is 0 Å². The zero-order valence-electron chi connectivity index (χ0n) is 18.0. The van der Waals surface area contributed by atoms with Gasteiger partial charge in [0.15, 0.2) is 5.16 Å². The van der Waals surface area contributed by atoms with Crippen LogP contribution in [0.15, 0.2) is 72.0 Å². The van der Waals surface area contributed by atoms with Crippen molar-refractivity contribution in [2.45, 2.75) is 18.0 Å². The number of nitrogens with one attached hydrogen (secondary N) is 1. The number of hydrogen-bond acceptors (Lipinski definition) is 4. The van der Waals surface area contributed by atoms with Crippen LogP contribution in [0.4, 0.5) is 4.39 Å². The Balaban J connectivity index is 1.41. The first-order valence-electron chi connectivity index (χ1n) is 10.3. The van der Waals surface area contributed by atoms with Gasteiger partial charge in [-0.1, -0.05) is 42.1 Å². The van der Waals surface area contributed by atoms with E-state index in [9.17, 15) is 9.18 Å². The third-order valence-corrected chi connectivity index (χ3v) is 5.86. The molecule has 8 heteroatoms. The van der Waals surface area contributed by atoms with Gasteiger partial charge in [-0.3, -0.25) is 14.5 Å². The highest BCUT2D eigenvalue weighted by Gasteiger charge is 2.20. The summed E-state index contributed by atoms with van der Waals surface area (Å²) in [6.07, 6.45) is 5.05. The fourth-order valence-corrected chi connectivity index (χ4v) is 4.06. The molecular weight excluding hydrogens is 425 g/mol. The van der Waals surface area contributed by atoms with E-state index in [0.717, 1.165) is 29.8 Å². The van der Waals surface area contributed by atoms with Gasteiger partial charge in [-0.15, -0.1) is 0 Å². The van der Waals surface area contributed by atoms with Crippen LogP contribution < -0.4 is 0 Å². The number of amides is 1. The van der Waals surface area contributed by atoms with E-state index in [1.165, 1.54) is 23.9 Å². The standard InChI is InChI=1S/C24H24FN5OS/c1-29(14-6-9-19-15-21(28-27-19)17-7-4-3-5-8-17)23(31)22-16-26-24(32-2)30(22)20-12-10-18(25)11-13-20/h3-5,7-8,10-13,15-16H,6,9,14H2,1-2H3,(H,27,28). The van der Waals surface area contributed by atoms with Crippen molar-refractivity contribution in [2.75, 3.05) is 19.8 Å². The number of aryl methyl sites for hydroxylation is 1. The van der Waals surface area contributed by atoms with E-state index in [1.807, 2.05) is 42.7 Å². The molecule has 0 bridgehead atoms. The monoisotopic (exact) mass is 449 g/mol. The van der Waals surface area contributed by atoms with Gasteiger partial charge in [0, 0.05) is 30.5 Å². The minimum atomic E-state index is -0.321. The molecule has 0 fully saturated rings. The highest BCUT2D eigenvalue weighted by Crippen LogP contribution is 2.23. The molecule has 0 saturated carbocycles. The van der Waals surface area contributed by atoms with Gasteiger partial charge in [-0.2, -0.15) is 5.10 Å². The lowest BCUT2D eigenvalue weighted by molar-refractivity contribution is 0.0785. The number of benzene rings is 2. The Morgan fingerprint density at radius 3 is 2.62 bits per heavy atom.